The minimum atomic E-state index is 0.310. The molecule has 0 aliphatic heterocycles. The van der Waals surface area contributed by atoms with E-state index in [9.17, 15) is 0 Å². The first kappa shape index (κ1) is 20.4. The molecule has 0 saturated heterocycles. The molecule has 0 spiro atoms. The Labute approximate surface area is 149 Å². The van der Waals surface area contributed by atoms with Crippen molar-refractivity contribution < 1.29 is 0 Å². The van der Waals surface area contributed by atoms with Gasteiger partial charge in [0.25, 0.3) is 0 Å². The summed E-state index contributed by atoms with van der Waals surface area (Å²) in [4.78, 5) is 4.34. The summed E-state index contributed by atoms with van der Waals surface area (Å²) in [5.41, 5.74) is 5.86. The fraction of sp³-hybridized carbons (Fsp3) is 0.522. The fourth-order valence-electron chi connectivity index (χ4n) is 3.02. The number of hydrogen-bond donors (Lipinski definition) is 0. The topological polar surface area (TPSA) is 12.4 Å². The van der Waals surface area contributed by atoms with Crippen molar-refractivity contribution in [3.8, 4) is 0 Å². The van der Waals surface area contributed by atoms with Gasteiger partial charge in [-0.2, -0.15) is 0 Å². The van der Waals surface area contributed by atoms with E-state index < -0.39 is 0 Å². The Kier molecular flexibility index (Phi) is 8.18. The van der Waals surface area contributed by atoms with Gasteiger partial charge < -0.3 is 0 Å². The smallest absolute Gasteiger partial charge is 0.0443 e. The molecule has 0 fully saturated rings. The van der Waals surface area contributed by atoms with Crippen LogP contribution in [0, 0.1) is 5.41 Å². The maximum absolute atomic E-state index is 4.34. The van der Waals surface area contributed by atoms with Gasteiger partial charge in [0, 0.05) is 12.3 Å². The van der Waals surface area contributed by atoms with Crippen LogP contribution in [-0.4, -0.2) is 12.3 Å². The van der Waals surface area contributed by atoms with Crippen LogP contribution >= 0.6 is 0 Å². The average molecular weight is 326 g/mol. The minimum Gasteiger partial charge on any atom is -0.290 e. The van der Waals surface area contributed by atoms with Crippen molar-refractivity contribution in [2.75, 3.05) is 0 Å². The Morgan fingerprint density at radius 2 is 1.75 bits per heavy atom. The van der Waals surface area contributed by atoms with Gasteiger partial charge in [0.05, 0.1) is 0 Å². The molecule has 1 aliphatic rings. The summed E-state index contributed by atoms with van der Waals surface area (Å²) in [6.45, 7) is 15.4. The molecule has 0 bridgehead atoms. The molecule has 0 N–H and O–H groups in total. The van der Waals surface area contributed by atoms with Crippen LogP contribution in [-0.2, 0) is 0 Å². The molecule has 0 saturated carbocycles. The number of aliphatic imine (C=N–C) groups is 1. The highest BCUT2D eigenvalue weighted by Crippen LogP contribution is 2.40. The van der Waals surface area contributed by atoms with Gasteiger partial charge in [-0.05, 0) is 76.5 Å². The highest BCUT2D eigenvalue weighted by molar-refractivity contribution is 5.73. The Morgan fingerprint density at radius 3 is 2.38 bits per heavy atom. The van der Waals surface area contributed by atoms with Crippen LogP contribution in [0.2, 0.25) is 0 Å². The summed E-state index contributed by atoms with van der Waals surface area (Å²) in [5.74, 6) is 0. The van der Waals surface area contributed by atoms with Crippen molar-refractivity contribution in [1.29, 1.82) is 0 Å². The van der Waals surface area contributed by atoms with E-state index in [2.05, 4.69) is 83.8 Å². The van der Waals surface area contributed by atoms with Crippen LogP contribution in [0.25, 0.3) is 0 Å². The van der Waals surface area contributed by atoms with Gasteiger partial charge in [-0.3, -0.25) is 4.99 Å². The molecule has 1 heteroatoms. The predicted molar refractivity (Wildman–Crippen MR) is 110 cm³/mol. The van der Waals surface area contributed by atoms with E-state index in [1.54, 1.807) is 5.57 Å². The second-order valence-corrected chi connectivity index (χ2v) is 7.84. The van der Waals surface area contributed by atoms with Crippen LogP contribution < -0.4 is 0 Å². The molecular weight excluding hydrogens is 290 g/mol. The fourth-order valence-corrected chi connectivity index (χ4v) is 3.02. The molecule has 0 heterocycles. The van der Waals surface area contributed by atoms with Crippen LogP contribution in [0.15, 0.2) is 63.7 Å². The monoisotopic (exact) mass is 325 g/mol. The van der Waals surface area contributed by atoms with Gasteiger partial charge in [-0.15, -0.1) is 0 Å². The first-order chi connectivity index (χ1) is 11.2. The third-order valence-electron chi connectivity index (χ3n) is 4.50. The van der Waals surface area contributed by atoms with Gasteiger partial charge in [-0.25, -0.2) is 0 Å². The second kappa shape index (κ2) is 9.61. The standard InChI is InChI=1S/C23H35N/c1-18(2)24-17-15-20(4)11-8-10-19(3)13-14-22-21(5)12-9-16-23(22,6)7/h8,10-11,13-15,17-18H,9,12,16H2,1-7H3/b11-8+,14-13+,19-10+,20-15+,24-17?. The SMILES string of the molecule is CC1=C(/C=C/C(C)=C/C=C/C(C)=C/C=NC(C)C)C(C)(C)CCC1. The zero-order valence-corrected chi connectivity index (χ0v) is 16.7. The molecule has 132 valence electrons. The highest BCUT2D eigenvalue weighted by Gasteiger charge is 2.26. The Morgan fingerprint density at radius 1 is 1.08 bits per heavy atom. The van der Waals surface area contributed by atoms with Crippen LogP contribution in [0.3, 0.4) is 0 Å². The van der Waals surface area contributed by atoms with E-state index in [4.69, 9.17) is 0 Å². The van der Waals surface area contributed by atoms with E-state index in [1.165, 1.54) is 36.0 Å². The van der Waals surface area contributed by atoms with Gasteiger partial charge in [-0.1, -0.05) is 55.4 Å². The lowest BCUT2D eigenvalue weighted by atomic mass is 9.72. The Bertz CT molecular complexity index is 590. The summed E-state index contributed by atoms with van der Waals surface area (Å²) in [7, 11) is 0. The second-order valence-electron chi connectivity index (χ2n) is 7.84. The zero-order valence-electron chi connectivity index (χ0n) is 16.7. The number of rotatable bonds is 6. The van der Waals surface area contributed by atoms with Crippen molar-refractivity contribution in [1.82, 2.24) is 0 Å². The predicted octanol–water partition coefficient (Wildman–Crippen LogP) is 7.00. The van der Waals surface area contributed by atoms with E-state index in [0.717, 1.165) is 0 Å². The minimum absolute atomic E-state index is 0.310. The van der Waals surface area contributed by atoms with Crippen molar-refractivity contribution in [2.45, 2.75) is 73.8 Å². The van der Waals surface area contributed by atoms with Crippen molar-refractivity contribution in [2.24, 2.45) is 10.4 Å². The largest absolute Gasteiger partial charge is 0.290 e. The van der Waals surface area contributed by atoms with E-state index in [0.29, 0.717) is 11.5 Å². The van der Waals surface area contributed by atoms with E-state index >= 15 is 0 Å². The van der Waals surface area contributed by atoms with Crippen LogP contribution in [0.1, 0.15) is 67.7 Å². The lowest BCUT2D eigenvalue weighted by Crippen LogP contribution is -2.19. The molecule has 1 nitrogen and oxygen atoms in total. The summed E-state index contributed by atoms with van der Waals surface area (Å²) in [6.07, 6.45) is 18.8. The van der Waals surface area contributed by atoms with Crippen molar-refractivity contribution >= 4 is 6.21 Å². The lowest BCUT2D eigenvalue weighted by molar-refractivity contribution is 0.377. The van der Waals surface area contributed by atoms with Crippen molar-refractivity contribution in [3.63, 3.8) is 0 Å². The summed E-state index contributed by atoms with van der Waals surface area (Å²) in [5, 5.41) is 0. The quantitative estimate of drug-likeness (QED) is 0.368. The number of nitrogens with zero attached hydrogens (tertiary/aromatic N) is 1. The molecule has 0 atom stereocenters. The van der Waals surface area contributed by atoms with Gasteiger partial charge in [0.2, 0.25) is 0 Å². The number of allylic oxidation sites excluding steroid dienone is 10. The third kappa shape index (κ3) is 7.29. The van der Waals surface area contributed by atoms with Gasteiger partial charge in [0.1, 0.15) is 0 Å². The summed E-state index contributed by atoms with van der Waals surface area (Å²) in [6, 6.07) is 0.354. The Balaban J connectivity index is 2.72. The first-order valence-corrected chi connectivity index (χ1v) is 9.15. The normalized spacial score (nSPS) is 20.3. The maximum atomic E-state index is 4.34. The third-order valence-corrected chi connectivity index (χ3v) is 4.50. The van der Waals surface area contributed by atoms with E-state index in [1.807, 2.05) is 12.3 Å². The average Bonchev–Trinajstić information content (AvgIpc) is 2.45. The highest BCUT2D eigenvalue weighted by atomic mass is 14.7. The molecule has 24 heavy (non-hydrogen) atoms. The first-order valence-electron chi connectivity index (χ1n) is 9.15. The van der Waals surface area contributed by atoms with Crippen LogP contribution in [0.5, 0.6) is 0 Å². The van der Waals surface area contributed by atoms with Gasteiger partial charge in [0.15, 0.2) is 0 Å². The Hall–Kier alpha value is -1.63. The molecule has 0 aromatic carbocycles. The molecular formula is C23H35N. The molecule has 1 aliphatic carbocycles. The molecule has 0 radical (unpaired) electrons. The summed E-state index contributed by atoms with van der Waals surface area (Å²) < 4.78 is 0. The summed E-state index contributed by atoms with van der Waals surface area (Å²) >= 11 is 0. The lowest BCUT2D eigenvalue weighted by Gasteiger charge is -2.32. The van der Waals surface area contributed by atoms with E-state index in [-0.39, 0.29) is 0 Å². The van der Waals surface area contributed by atoms with Crippen LogP contribution in [0.4, 0.5) is 0 Å². The molecule has 1 rings (SSSR count). The number of hydrogen-bond acceptors (Lipinski definition) is 1. The molecule has 0 amide bonds. The molecule has 0 aromatic rings. The molecule has 0 unspecified atom stereocenters. The zero-order chi connectivity index (χ0) is 18.2. The van der Waals surface area contributed by atoms with Crippen molar-refractivity contribution in [3.05, 3.63) is 58.7 Å². The molecule has 0 aromatic heterocycles. The van der Waals surface area contributed by atoms with Gasteiger partial charge >= 0.3 is 0 Å². The maximum Gasteiger partial charge on any atom is 0.0443 e.